The molecule has 2 N–H and O–H groups in total. The summed E-state index contributed by atoms with van der Waals surface area (Å²) in [5.74, 6) is -1.29. The molecule has 278 valence electrons. The van der Waals surface area contributed by atoms with Crippen molar-refractivity contribution in [1.82, 2.24) is 24.5 Å². The Morgan fingerprint density at radius 3 is 1.89 bits per heavy atom. The molecule has 0 fully saturated rings. The largest absolute Gasteiger partial charge is 0.386 e. The number of pyridine rings is 1. The molecule has 3 aromatic heterocycles. The second kappa shape index (κ2) is 14.9. The van der Waals surface area contributed by atoms with Crippen molar-refractivity contribution < 1.29 is 14.3 Å². The van der Waals surface area contributed by atoms with Gasteiger partial charge in [0.15, 0.2) is 0 Å². The number of nitrogens with zero attached hydrogens (tertiary/aromatic N) is 4. The van der Waals surface area contributed by atoms with Crippen LogP contribution in [0.15, 0.2) is 170 Å². The zero-order chi connectivity index (χ0) is 38.9. The van der Waals surface area contributed by atoms with Gasteiger partial charge in [0.05, 0.1) is 29.2 Å². The molecule has 3 heterocycles. The van der Waals surface area contributed by atoms with E-state index < -0.39 is 28.9 Å². The predicted molar refractivity (Wildman–Crippen MR) is 219 cm³/mol. The van der Waals surface area contributed by atoms with Gasteiger partial charge in [-0.3, -0.25) is 13.9 Å². The summed E-state index contributed by atoms with van der Waals surface area (Å²) in [6.45, 7) is 5.51. The summed E-state index contributed by atoms with van der Waals surface area (Å²) in [6, 6.07) is 47.3. The standard InChI is InChI=1S/C48H42FN5O2/c1-4-33-20-22-34(23-21-33)45(55)47(2,3)52-46(56)41-26-24-35(28-42(41)49)43-30-50-44-27-25-36(31-53(43)44)37-29-51-54(32-37)48(38-14-8-5-9-15-38,39-16-10-6-11-17-39)40-18-12-7-13-19-40/h5-32,45,55H,4H2,1-3H3,(H,52,56). The number of amides is 1. The van der Waals surface area contributed by atoms with Crippen LogP contribution in [0.5, 0.6) is 0 Å². The molecule has 7 nitrogen and oxygen atoms in total. The first kappa shape index (κ1) is 36.3. The number of aliphatic hydroxyl groups is 1. The van der Waals surface area contributed by atoms with Crippen molar-refractivity contribution in [2.45, 2.75) is 44.4 Å². The first-order valence-electron chi connectivity index (χ1n) is 18.8. The average Bonchev–Trinajstić information content (AvgIpc) is 3.90. The third-order valence-electron chi connectivity index (χ3n) is 10.7. The monoisotopic (exact) mass is 739 g/mol. The maximum absolute atomic E-state index is 15.8. The molecule has 56 heavy (non-hydrogen) atoms. The maximum atomic E-state index is 15.8. The molecular weight excluding hydrogens is 698 g/mol. The van der Waals surface area contributed by atoms with Crippen LogP contribution < -0.4 is 5.32 Å². The van der Waals surface area contributed by atoms with E-state index in [-0.39, 0.29) is 5.56 Å². The van der Waals surface area contributed by atoms with Crippen molar-refractivity contribution >= 4 is 11.6 Å². The zero-order valence-electron chi connectivity index (χ0n) is 31.5. The Hall–Kier alpha value is -6.64. The summed E-state index contributed by atoms with van der Waals surface area (Å²) in [4.78, 5) is 18.0. The van der Waals surface area contributed by atoms with Gasteiger partial charge in [-0.2, -0.15) is 5.10 Å². The van der Waals surface area contributed by atoms with Gasteiger partial charge in [0.2, 0.25) is 0 Å². The van der Waals surface area contributed by atoms with Gasteiger partial charge in [0.1, 0.15) is 23.1 Å². The molecule has 0 spiro atoms. The smallest absolute Gasteiger partial charge is 0.254 e. The SMILES string of the molecule is CCc1ccc(C(O)C(C)(C)NC(=O)c2ccc(-c3cnc4ccc(-c5cnn(C(c6ccccc6)(c6ccccc6)c6ccccc6)c5)cn34)cc2F)cc1. The zero-order valence-corrected chi connectivity index (χ0v) is 31.5. The number of rotatable bonds is 11. The Morgan fingerprint density at radius 2 is 1.32 bits per heavy atom. The lowest BCUT2D eigenvalue weighted by Crippen LogP contribution is -2.48. The summed E-state index contributed by atoms with van der Waals surface area (Å²) in [5.41, 5.74) is 6.79. The fraction of sp³-hybridized carbons (Fsp3) is 0.146. The Balaban J connectivity index is 1.11. The average molecular weight is 740 g/mol. The number of hydrogen-bond donors (Lipinski definition) is 2. The first-order valence-corrected chi connectivity index (χ1v) is 18.8. The Kier molecular flexibility index (Phi) is 9.66. The van der Waals surface area contributed by atoms with Gasteiger partial charge in [-0.05, 0) is 72.4 Å². The molecule has 0 aliphatic rings. The minimum atomic E-state index is -1.06. The minimum Gasteiger partial charge on any atom is -0.386 e. The molecule has 0 bridgehead atoms. The molecule has 0 radical (unpaired) electrons. The molecule has 1 atom stereocenters. The van der Waals surface area contributed by atoms with Gasteiger partial charge in [0.25, 0.3) is 5.91 Å². The molecule has 0 aliphatic carbocycles. The van der Waals surface area contributed by atoms with Crippen LogP contribution >= 0.6 is 0 Å². The minimum absolute atomic E-state index is 0.115. The maximum Gasteiger partial charge on any atom is 0.254 e. The summed E-state index contributed by atoms with van der Waals surface area (Å²) < 4.78 is 19.7. The molecule has 0 saturated heterocycles. The second-order valence-corrected chi connectivity index (χ2v) is 14.6. The van der Waals surface area contributed by atoms with Crippen molar-refractivity contribution in [3.05, 3.63) is 210 Å². The van der Waals surface area contributed by atoms with Crippen LogP contribution in [0.3, 0.4) is 0 Å². The number of aliphatic hydroxyl groups excluding tert-OH is 1. The number of aryl methyl sites for hydroxylation is 1. The topological polar surface area (TPSA) is 84.4 Å². The number of hydrogen-bond acceptors (Lipinski definition) is 4. The number of imidazole rings is 1. The highest BCUT2D eigenvalue weighted by atomic mass is 19.1. The van der Waals surface area contributed by atoms with E-state index in [1.165, 1.54) is 12.1 Å². The Bertz CT molecular complexity index is 2520. The molecule has 8 aromatic rings. The fourth-order valence-electron chi connectivity index (χ4n) is 7.59. The highest BCUT2D eigenvalue weighted by molar-refractivity contribution is 5.95. The summed E-state index contributed by atoms with van der Waals surface area (Å²) in [6.07, 6.45) is 7.50. The van der Waals surface area contributed by atoms with Crippen molar-refractivity contribution in [1.29, 1.82) is 0 Å². The van der Waals surface area contributed by atoms with E-state index in [1.807, 2.05) is 76.1 Å². The summed E-state index contributed by atoms with van der Waals surface area (Å²) in [5, 5.41) is 19.0. The van der Waals surface area contributed by atoms with Gasteiger partial charge in [-0.25, -0.2) is 9.37 Å². The molecule has 8 rings (SSSR count). The normalized spacial score (nSPS) is 12.4. The number of aromatic nitrogens is 4. The van der Waals surface area contributed by atoms with Crippen LogP contribution in [0.25, 0.3) is 28.0 Å². The number of benzene rings is 5. The van der Waals surface area contributed by atoms with Crippen molar-refractivity contribution in [3.63, 3.8) is 0 Å². The van der Waals surface area contributed by atoms with Crippen molar-refractivity contribution in [3.8, 4) is 22.4 Å². The Morgan fingerprint density at radius 1 is 0.732 bits per heavy atom. The fourth-order valence-corrected chi connectivity index (χ4v) is 7.59. The number of carbonyl (C=O) groups is 1. The van der Waals surface area contributed by atoms with E-state index in [0.29, 0.717) is 22.5 Å². The molecule has 1 amide bonds. The van der Waals surface area contributed by atoms with Gasteiger partial charge >= 0.3 is 0 Å². The third kappa shape index (κ3) is 6.58. The lowest BCUT2D eigenvalue weighted by molar-refractivity contribution is 0.0632. The predicted octanol–water partition coefficient (Wildman–Crippen LogP) is 9.65. The second-order valence-electron chi connectivity index (χ2n) is 14.6. The van der Waals surface area contributed by atoms with E-state index in [0.717, 1.165) is 39.8 Å². The van der Waals surface area contributed by atoms with E-state index in [4.69, 9.17) is 5.10 Å². The van der Waals surface area contributed by atoms with Gasteiger partial charge in [0, 0.05) is 29.1 Å². The van der Waals surface area contributed by atoms with Crippen LogP contribution in [-0.2, 0) is 12.0 Å². The van der Waals surface area contributed by atoms with Gasteiger partial charge in [-0.15, -0.1) is 0 Å². The summed E-state index contributed by atoms with van der Waals surface area (Å²) in [7, 11) is 0. The molecular formula is C48H42FN5O2. The van der Waals surface area contributed by atoms with E-state index in [2.05, 4.69) is 96.2 Å². The Labute approximate surface area is 325 Å². The third-order valence-corrected chi connectivity index (χ3v) is 10.7. The van der Waals surface area contributed by atoms with Crippen molar-refractivity contribution in [2.75, 3.05) is 0 Å². The molecule has 0 aliphatic heterocycles. The lowest BCUT2D eigenvalue weighted by Gasteiger charge is -2.36. The van der Waals surface area contributed by atoms with Crippen LogP contribution in [0.2, 0.25) is 0 Å². The number of carbonyl (C=O) groups excluding carboxylic acids is 1. The highest BCUT2D eigenvalue weighted by Crippen LogP contribution is 2.41. The van der Waals surface area contributed by atoms with Crippen LogP contribution in [-0.4, -0.2) is 35.7 Å². The molecule has 5 aromatic carbocycles. The van der Waals surface area contributed by atoms with Gasteiger partial charge in [-0.1, -0.05) is 128 Å². The van der Waals surface area contributed by atoms with E-state index in [1.54, 1.807) is 26.1 Å². The van der Waals surface area contributed by atoms with Crippen LogP contribution in [0.4, 0.5) is 4.39 Å². The lowest BCUT2D eigenvalue weighted by atomic mass is 9.77. The molecule has 0 saturated carbocycles. The number of nitrogens with one attached hydrogen (secondary N) is 1. The van der Waals surface area contributed by atoms with Crippen molar-refractivity contribution in [2.24, 2.45) is 0 Å². The number of halogens is 1. The number of fused-ring (bicyclic) bond motifs is 1. The van der Waals surface area contributed by atoms with E-state index in [9.17, 15) is 9.90 Å². The first-order chi connectivity index (χ1) is 27.2. The van der Waals surface area contributed by atoms with Gasteiger partial charge < -0.3 is 10.4 Å². The highest BCUT2D eigenvalue weighted by Gasteiger charge is 2.39. The molecule has 1 unspecified atom stereocenters. The quantitative estimate of drug-likeness (QED) is 0.130. The van der Waals surface area contributed by atoms with E-state index >= 15 is 4.39 Å². The summed E-state index contributed by atoms with van der Waals surface area (Å²) >= 11 is 0. The molecule has 8 heteroatoms. The van der Waals surface area contributed by atoms with Crippen LogP contribution in [0, 0.1) is 5.82 Å². The van der Waals surface area contributed by atoms with Crippen LogP contribution in [0.1, 0.15) is 65.1 Å².